The Morgan fingerprint density at radius 3 is 2.68 bits per heavy atom. The fourth-order valence-electron chi connectivity index (χ4n) is 2.48. The number of carboxylic acid groups (broad SMARTS) is 1. The lowest BCUT2D eigenvalue weighted by molar-refractivity contribution is 0.0697. The number of ether oxygens (including phenoxy) is 1. The molecule has 0 radical (unpaired) electrons. The second kappa shape index (κ2) is 7.49. The number of rotatable bonds is 5. The van der Waals surface area contributed by atoms with Crippen molar-refractivity contribution >= 4 is 23.4 Å². The monoisotopic (exact) mass is 304 g/mol. The van der Waals surface area contributed by atoms with E-state index in [2.05, 4.69) is 16.8 Å². The van der Waals surface area contributed by atoms with Crippen LogP contribution in [0.2, 0.25) is 0 Å². The van der Waals surface area contributed by atoms with Gasteiger partial charge in [-0.15, -0.1) is 0 Å². The van der Waals surface area contributed by atoms with Crippen molar-refractivity contribution in [1.82, 2.24) is 0 Å². The lowest BCUT2D eigenvalue weighted by Crippen LogP contribution is -2.30. The van der Waals surface area contributed by atoms with Crippen molar-refractivity contribution in [2.45, 2.75) is 19.3 Å². The van der Waals surface area contributed by atoms with Crippen LogP contribution in [0.25, 0.3) is 0 Å². The van der Waals surface area contributed by atoms with Crippen LogP contribution in [0.5, 0.6) is 0 Å². The highest BCUT2D eigenvalue weighted by Crippen LogP contribution is 2.27. The molecule has 0 bridgehead atoms. The van der Waals surface area contributed by atoms with Gasteiger partial charge in [0.15, 0.2) is 0 Å². The Labute approximate surface area is 129 Å². The summed E-state index contributed by atoms with van der Waals surface area (Å²) < 4.78 is 4.82. The third-order valence-electron chi connectivity index (χ3n) is 3.50. The van der Waals surface area contributed by atoms with Gasteiger partial charge in [0.05, 0.1) is 11.3 Å². The molecule has 6 nitrogen and oxygen atoms in total. The molecule has 6 heteroatoms. The minimum atomic E-state index is -1.01. The molecule has 1 amide bonds. The predicted octanol–water partition coefficient (Wildman–Crippen LogP) is 3.11. The van der Waals surface area contributed by atoms with Crippen molar-refractivity contribution in [2.75, 3.05) is 29.9 Å². The van der Waals surface area contributed by atoms with Gasteiger partial charge in [0, 0.05) is 18.8 Å². The van der Waals surface area contributed by atoms with Gasteiger partial charge in [-0.3, -0.25) is 5.32 Å². The summed E-state index contributed by atoms with van der Waals surface area (Å²) >= 11 is 0. The maximum Gasteiger partial charge on any atom is 0.411 e. The van der Waals surface area contributed by atoms with Crippen LogP contribution < -0.4 is 10.2 Å². The second-order valence-corrected chi connectivity index (χ2v) is 5.10. The number of piperidine rings is 1. The smallest absolute Gasteiger partial charge is 0.411 e. The summed E-state index contributed by atoms with van der Waals surface area (Å²) in [6.07, 6.45) is 4.12. The first kappa shape index (κ1) is 15.9. The molecule has 22 heavy (non-hydrogen) atoms. The largest absolute Gasteiger partial charge is 0.478 e. The standard InChI is InChI=1S/C16H20N2O4/c1-2-10-22-16(21)17-12-6-7-14(13(11-12)15(19)20)18-8-4-3-5-9-18/h2,6-7,11H,1,3-5,8-10H2,(H,17,21)(H,19,20). The molecular formula is C16H20N2O4. The Balaban J connectivity index is 2.17. The molecular weight excluding hydrogens is 284 g/mol. The van der Waals surface area contributed by atoms with Crippen molar-refractivity contribution in [3.63, 3.8) is 0 Å². The SMILES string of the molecule is C=CCOC(=O)Nc1ccc(N2CCCCC2)c(C(=O)O)c1. The quantitative estimate of drug-likeness (QED) is 0.817. The lowest BCUT2D eigenvalue weighted by Gasteiger charge is -2.30. The highest BCUT2D eigenvalue weighted by atomic mass is 16.5. The Kier molecular flexibility index (Phi) is 5.41. The highest BCUT2D eigenvalue weighted by Gasteiger charge is 2.19. The first-order valence-electron chi connectivity index (χ1n) is 7.29. The van der Waals surface area contributed by atoms with Gasteiger partial charge in [-0.2, -0.15) is 0 Å². The third kappa shape index (κ3) is 4.00. The second-order valence-electron chi connectivity index (χ2n) is 5.10. The molecule has 1 fully saturated rings. The summed E-state index contributed by atoms with van der Waals surface area (Å²) in [6.45, 7) is 5.26. The minimum absolute atomic E-state index is 0.101. The van der Waals surface area contributed by atoms with E-state index in [1.54, 1.807) is 12.1 Å². The van der Waals surface area contributed by atoms with Gasteiger partial charge in [-0.1, -0.05) is 12.7 Å². The molecule has 1 aliphatic rings. The molecule has 1 aliphatic heterocycles. The zero-order valence-electron chi connectivity index (χ0n) is 12.4. The topological polar surface area (TPSA) is 78.9 Å². The molecule has 0 spiro atoms. The summed E-state index contributed by atoms with van der Waals surface area (Å²) in [4.78, 5) is 25.1. The molecule has 1 aromatic rings. The Morgan fingerprint density at radius 2 is 2.05 bits per heavy atom. The summed E-state index contributed by atoms with van der Waals surface area (Å²) in [5, 5.41) is 11.9. The maximum atomic E-state index is 11.5. The summed E-state index contributed by atoms with van der Waals surface area (Å²) in [7, 11) is 0. The molecule has 0 saturated carbocycles. The zero-order valence-corrected chi connectivity index (χ0v) is 12.4. The highest BCUT2D eigenvalue weighted by molar-refractivity contribution is 5.97. The number of nitrogens with zero attached hydrogens (tertiary/aromatic N) is 1. The van der Waals surface area contributed by atoms with E-state index in [9.17, 15) is 14.7 Å². The van der Waals surface area contributed by atoms with Gasteiger partial charge in [0.2, 0.25) is 0 Å². The molecule has 2 rings (SSSR count). The summed E-state index contributed by atoms with van der Waals surface area (Å²) in [5.74, 6) is -1.01. The van der Waals surface area contributed by atoms with Crippen molar-refractivity contribution in [2.24, 2.45) is 0 Å². The van der Waals surface area contributed by atoms with E-state index in [-0.39, 0.29) is 12.2 Å². The number of hydrogen-bond acceptors (Lipinski definition) is 4. The number of benzene rings is 1. The molecule has 2 N–H and O–H groups in total. The summed E-state index contributed by atoms with van der Waals surface area (Å²) in [5.41, 5.74) is 1.27. The molecule has 1 saturated heterocycles. The van der Waals surface area contributed by atoms with Gasteiger partial charge in [-0.05, 0) is 37.5 Å². The van der Waals surface area contributed by atoms with Crippen LogP contribution in [0.4, 0.5) is 16.2 Å². The van der Waals surface area contributed by atoms with Gasteiger partial charge in [-0.25, -0.2) is 9.59 Å². The number of carbonyl (C=O) groups is 2. The third-order valence-corrected chi connectivity index (χ3v) is 3.50. The van der Waals surface area contributed by atoms with Crippen LogP contribution in [-0.4, -0.2) is 36.9 Å². The van der Waals surface area contributed by atoms with E-state index in [4.69, 9.17) is 4.74 Å². The van der Waals surface area contributed by atoms with E-state index in [0.29, 0.717) is 11.4 Å². The van der Waals surface area contributed by atoms with E-state index in [1.807, 2.05) is 0 Å². The molecule has 0 aliphatic carbocycles. The molecule has 1 aromatic carbocycles. The van der Waals surface area contributed by atoms with Crippen LogP contribution in [0.3, 0.4) is 0 Å². The van der Waals surface area contributed by atoms with E-state index in [1.165, 1.54) is 18.6 Å². The molecule has 118 valence electrons. The van der Waals surface area contributed by atoms with E-state index < -0.39 is 12.1 Å². The fraction of sp³-hybridized carbons (Fsp3) is 0.375. The van der Waals surface area contributed by atoms with Crippen LogP contribution in [0.1, 0.15) is 29.6 Å². The van der Waals surface area contributed by atoms with Gasteiger partial charge >= 0.3 is 12.1 Å². The number of carbonyl (C=O) groups excluding carboxylic acids is 1. The van der Waals surface area contributed by atoms with Gasteiger partial charge in [0.25, 0.3) is 0 Å². The molecule has 0 atom stereocenters. The number of aromatic carboxylic acids is 1. The number of amides is 1. The first-order chi connectivity index (χ1) is 10.6. The van der Waals surface area contributed by atoms with Gasteiger partial charge in [0.1, 0.15) is 6.61 Å². The lowest BCUT2D eigenvalue weighted by atomic mass is 10.1. The summed E-state index contributed by atoms with van der Waals surface area (Å²) in [6, 6.07) is 4.88. The van der Waals surface area contributed by atoms with Crippen molar-refractivity contribution < 1.29 is 19.4 Å². The zero-order chi connectivity index (χ0) is 15.9. The molecule has 0 aromatic heterocycles. The average molecular weight is 304 g/mol. The minimum Gasteiger partial charge on any atom is -0.478 e. The number of hydrogen-bond donors (Lipinski definition) is 2. The Bertz CT molecular complexity index is 565. The van der Waals surface area contributed by atoms with Crippen molar-refractivity contribution in [3.05, 3.63) is 36.4 Å². The fourth-order valence-corrected chi connectivity index (χ4v) is 2.48. The van der Waals surface area contributed by atoms with Crippen LogP contribution >= 0.6 is 0 Å². The van der Waals surface area contributed by atoms with Crippen molar-refractivity contribution in [1.29, 1.82) is 0 Å². The molecule has 0 unspecified atom stereocenters. The van der Waals surface area contributed by atoms with Gasteiger partial charge < -0.3 is 14.7 Å². The Morgan fingerprint density at radius 1 is 1.32 bits per heavy atom. The average Bonchev–Trinajstić information content (AvgIpc) is 2.53. The van der Waals surface area contributed by atoms with Crippen molar-refractivity contribution in [3.8, 4) is 0 Å². The predicted molar refractivity (Wildman–Crippen MR) is 84.6 cm³/mol. The number of anilines is 2. The maximum absolute atomic E-state index is 11.5. The van der Waals surface area contributed by atoms with E-state index in [0.717, 1.165) is 25.9 Å². The number of nitrogens with one attached hydrogen (secondary N) is 1. The first-order valence-corrected chi connectivity index (χ1v) is 7.29. The van der Waals surface area contributed by atoms with Crippen LogP contribution in [-0.2, 0) is 4.74 Å². The van der Waals surface area contributed by atoms with Crippen LogP contribution in [0.15, 0.2) is 30.9 Å². The van der Waals surface area contributed by atoms with E-state index >= 15 is 0 Å². The normalized spacial score (nSPS) is 14.3. The van der Waals surface area contributed by atoms with Crippen LogP contribution in [0, 0.1) is 0 Å². The molecule has 1 heterocycles. The number of carboxylic acids is 1. The Hall–Kier alpha value is -2.50.